The lowest BCUT2D eigenvalue weighted by molar-refractivity contribution is -0.143. The van der Waals surface area contributed by atoms with Crippen LogP contribution in [0.5, 0.6) is 0 Å². The summed E-state index contributed by atoms with van der Waals surface area (Å²) in [5.74, 6) is -0.0542. The first kappa shape index (κ1) is 82.8. The van der Waals surface area contributed by atoms with Crippen LogP contribution < -0.4 is 5.32 Å². The number of aliphatic hydroxyl groups is 2. The Labute approximate surface area is 531 Å². The van der Waals surface area contributed by atoms with Crippen LogP contribution in [0.1, 0.15) is 418 Å². The van der Waals surface area contributed by atoms with E-state index in [0.29, 0.717) is 19.4 Å². The van der Waals surface area contributed by atoms with Gasteiger partial charge in [-0.2, -0.15) is 0 Å². The van der Waals surface area contributed by atoms with Crippen LogP contribution >= 0.6 is 0 Å². The molecule has 85 heavy (non-hydrogen) atoms. The number of aliphatic hydroxyl groups excluding tert-OH is 2. The largest absolute Gasteiger partial charge is 0.466 e. The number of amides is 1. The molecular formula is C79H149NO5. The standard InChI is InChI=1S/C79H149NO5/c1-3-5-7-9-11-13-15-17-19-41-44-47-51-55-59-63-67-71-77(82)76(75-81)80-78(83)72-68-64-60-56-52-48-45-42-39-37-35-33-31-29-27-25-23-21-20-22-24-26-28-30-32-34-36-38-40-43-46-50-54-58-62-66-70-74-85-79(84)73-69-65-61-57-53-49-18-16-14-12-10-8-6-4-2/h10,12,16,18,20,22,67,71,76-77,81-82H,3-9,11,13-15,17,19,21,23-66,68-70,72-75H2,1-2H3,(H,80,83)/b12-10-,18-16-,22-20-,71-67+. The lowest BCUT2D eigenvalue weighted by Gasteiger charge is -2.20. The molecule has 0 aromatic carbocycles. The summed E-state index contributed by atoms with van der Waals surface area (Å²) >= 11 is 0. The van der Waals surface area contributed by atoms with Crippen molar-refractivity contribution in [2.24, 2.45) is 0 Å². The molecule has 500 valence electrons. The molecule has 0 radical (unpaired) electrons. The molecule has 0 aromatic rings. The zero-order chi connectivity index (χ0) is 61.3. The van der Waals surface area contributed by atoms with Gasteiger partial charge < -0.3 is 20.3 Å². The minimum atomic E-state index is -0.842. The van der Waals surface area contributed by atoms with Gasteiger partial charge in [0, 0.05) is 12.8 Å². The second-order valence-electron chi connectivity index (χ2n) is 26.3. The van der Waals surface area contributed by atoms with Crippen molar-refractivity contribution in [3.05, 3.63) is 48.6 Å². The fraction of sp³-hybridized carbons (Fsp3) is 0.873. The third-order valence-electron chi connectivity index (χ3n) is 17.8. The molecule has 0 aliphatic heterocycles. The number of hydrogen-bond donors (Lipinski definition) is 3. The highest BCUT2D eigenvalue weighted by Crippen LogP contribution is 2.19. The van der Waals surface area contributed by atoms with E-state index in [9.17, 15) is 19.8 Å². The van der Waals surface area contributed by atoms with E-state index in [1.54, 1.807) is 6.08 Å². The van der Waals surface area contributed by atoms with Crippen molar-refractivity contribution in [3.63, 3.8) is 0 Å². The molecular weight excluding hydrogens is 1040 g/mol. The Kier molecular flexibility index (Phi) is 72.4. The fourth-order valence-corrected chi connectivity index (χ4v) is 11.9. The van der Waals surface area contributed by atoms with Gasteiger partial charge in [-0.3, -0.25) is 9.59 Å². The molecule has 0 aliphatic carbocycles. The molecule has 0 aliphatic rings. The van der Waals surface area contributed by atoms with Crippen LogP contribution in [-0.2, 0) is 14.3 Å². The molecule has 0 spiro atoms. The van der Waals surface area contributed by atoms with Gasteiger partial charge in [-0.15, -0.1) is 0 Å². The Morgan fingerprint density at radius 2 is 0.600 bits per heavy atom. The Hall–Kier alpha value is -2.18. The summed E-state index contributed by atoms with van der Waals surface area (Å²) < 4.78 is 5.49. The predicted molar refractivity (Wildman–Crippen MR) is 375 cm³/mol. The van der Waals surface area contributed by atoms with Gasteiger partial charge >= 0.3 is 5.97 Å². The van der Waals surface area contributed by atoms with Gasteiger partial charge in [-0.25, -0.2) is 0 Å². The molecule has 0 aromatic heterocycles. The Balaban J connectivity index is 3.35. The summed E-state index contributed by atoms with van der Waals surface area (Å²) in [4.78, 5) is 24.6. The van der Waals surface area contributed by atoms with E-state index in [0.717, 1.165) is 51.4 Å². The Morgan fingerprint density at radius 3 is 0.941 bits per heavy atom. The minimum Gasteiger partial charge on any atom is -0.466 e. The highest BCUT2D eigenvalue weighted by molar-refractivity contribution is 5.76. The maximum Gasteiger partial charge on any atom is 0.305 e. The van der Waals surface area contributed by atoms with E-state index < -0.39 is 12.1 Å². The quantitative estimate of drug-likeness (QED) is 0.0320. The van der Waals surface area contributed by atoms with Gasteiger partial charge in [0.1, 0.15) is 0 Å². The monoisotopic (exact) mass is 1190 g/mol. The molecule has 3 N–H and O–H groups in total. The van der Waals surface area contributed by atoms with Crippen LogP contribution in [0.2, 0.25) is 0 Å². The fourth-order valence-electron chi connectivity index (χ4n) is 11.9. The van der Waals surface area contributed by atoms with E-state index >= 15 is 0 Å². The normalized spacial score (nSPS) is 12.8. The molecule has 0 heterocycles. The number of esters is 1. The first-order valence-corrected chi connectivity index (χ1v) is 38.4. The lowest BCUT2D eigenvalue weighted by Crippen LogP contribution is -2.45. The van der Waals surface area contributed by atoms with Crippen LogP contribution in [0.4, 0.5) is 0 Å². The van der Waals surface area contributed by atoms with Crippen LogP contribution in [0.3, 0.4) is 0 Å². The summed E-state index contributed by atoms with van der Waals surface area (Å²) in [5, 5.41) is 23.2. The van der Waals surface area contributed by atoms with Crippen molar-refractivity contribution in [2.45, 2.75) is 431 Å². The van der Waals surface area contributed by atoms with Gasteiger partial charge in [0.25, 0.3) is 0 Å². The maximum atomic E-state index is 12.5. The summed E-state index contributed by atoms with van der Waals surface area (Å²) in [7, 11) is 0. The third kappa shape index (κ3) is 70.8. The van der Waals surface area contributed by atoms with Crippen LogP contribution in [0, 0.1) is 0 Å². The number of allylic oxidation sites excluding steroid dienone is 7. The minimum absolute atomic E-state index is 0.00676. The highest BCUT2D eigenvalue weighted by atomic mass is 16.5. The summed E-state index contributed by atoms with van der Waals surface area (Å²) in [5.41, 5.74) is 0. The van der Waals surface area contributed by atoms with Gasteiger partial charge in [0.15, 0.2) is 0 Å². The molecule has 0 fully saturated rings. The molecule has 0 saturated carbocycles. The number of nitrogens with one attached hydrogen (secondary N) is 1. The predicted octanol–water partition coefficient (Wildman–Crippen LogP) is 25.2. The number of unbranched alkanes of at least 4 members (excludes halogenated alkanes) is 55. The van der Waals surface area contributed by atoms with E-state index in [1.807, 2.05) is 6.08 Å². The average Bonchev–Trinajstić information content (AvgIpc) is 3.50. The Bertz CT molecular complexity index is 1420. The SMILES string of the molecule is CCCC/C=C\C/C=C\CCCCCCCC(=O)OCCCCCCCCCCCCCCCCCC/C=C\CCCCCCCCCCCCCCCCCCCC(=O)NC(CO)C(O)/C=C/CCCCCCCCCCCCCCCCC. The molecule has 6 heteroatoms. The van der Waals surface area contributed by atoms with Crippen molar-refractivity contribution >= 4 is 11.9 Å². The van der Waals surface area contributed by atoms with Crippen molar-refractivity contribution in [3.8, 4) is 0 Å². The summed E-state index contributed by atoms with van der Waals surface area (Å²) in [6.45, 7) is 4.89. The van der Waals surface area contributed by atoms with E-state index in [4.69, 9.17) is 4.74 Å². The maximum absolute atomic E-state index is 12.5. The highest BCUT2D eigenvalue weighted by Gasteiger charge is 2.18. The van der Waals surface area contributed by atoms with Crippen molar-refractivity contribution in [1.29, 1.82) is 0 Å². The average molecular weight is 1190 g/mol. The van der Waals surface area contributed by atoms with E-state index in [2.05, 4.69) is 55.6 Å². The van der Waals surface area contributed by atoms with Gasteiger partial charge in [0.2, 0.25) is 5.91 Å². The number of ether oxygens (including phenoxy) is 1. The number of hydrogen-bond acceptors (Lipinski definition) is 5. The van der Waals surface area contributed by atoms with Crippen molar-refractivity contribution in [2.75, 3.05) is 13.2 Å². The summed E-state index contributed by atoms with van der Waals surface area (Å²) in [6.07, 6.45) is 98.0. The first-order valence-electron chi connectivity index (χ1n) is 38.4. The molecule has 1 amide bonds. The molecule has 0 saturated heterocycles. The second-order valence-corrected chi connectivity index (χ2v) is 26.3. The second kappa shape index (κ2) is 74.3. The smallest absolute Gasteiger partial charge is 0.305 e. The van der Waals surface area contributed by atoms with Gasteiger partial charge in [-0.05, 0) is 83.5 Å². The van der Waals surface area contributed by atoms with Crippen LogP contribution in [0.15, 0.2) is 48.6 Å². The van der Waals surface area contributed by atoms with E-state index in [-0.39, 0.29) is 18.5 Å². The first-order chi connectivity index (χ1) is 42.0. The van der Waals surface area contributed by atoms with Crippen molar-refractivity contribution < 1.29 is 24.5 Å². The summed E-state index contributed by atoms with van der Waals surface area (Å²) in [6, 6.07) is -0.625. The van der Waals surface area contributed by atoms with E-state index in [1.165, 1.54) is 340 Å². The topological polar surface area (TPSA) is 95.9 Å². The molecule has 6 nitrogen and oxygen atoms in total. The lowest BCUT2D eigenvalue weighted by atomic mass is 10.0. The molecule has 2 atom stereocenters. The molecule has 0 rings (SSSR count). The van der Waals surface area contributed by atoms with Gasteiger partial charge in [-0.1, -0.05) is 371 Å². The zero-order valence-corrected chi connectivity index (χ0v) is 57.4. The zero-order valence-electron chi connectivity index (χ0n) is 57.4. The molecule has 0 bridgehead atoms. The number of carbonyl (C=O) groups is 2. The van der Waals surface area contributed by atoms with Crippen LogP contribution in [-0.4, -0.2) is 47.4 Å². The van der Waals surface area contributed by atoms with Gasteiger partial charge in [0.05, 0.1) is 25.4 Å². The number of rotatable bonds is 72. The number of carbonyl (C=O) groups excluding carboxylic acids is 2. The third-order valence-corrected chi connectivity index (χ3v) is 17.8. The molecule has 2 unspecified atom stereocenters. The van der Waals surface area contributed by atoms with Crippen LogP contribution in [0.25, 0.3) is 0 Å². The Morgan fingerprint density at radius 1 is 0.329 bits per heavy atom. The van der Waals surface area contributed by atoms with Crippen molar-refractivity contribution in [1.82, 2.24) is 5.32 Å².